The van der Waals surface area contributed by atoms with E-state index in [-0.39, 0.29) is 6.54 Å². The van der Waals surface area contributed by atoms with Crippen molar-refractivity contribution in [2.75, 3.05) is 6.54 Å². The van der Waals surface area contributed by atoms with Crippen LogP contribution in [0.25, 0.3) is 11.1 Å². The van der Waals surface area contributed by atoms with Crippen LogP contribution in [-0.4, -0.2) is 27.0 Å². The highest BCUT2D eigenvalue weighted by Gasteiger charge is 2.17. The lowest BCUT2D eigenvalue weighted by Crippen LogP contribution is -2.35. The molecule has 0 saturated carbocycles. The molecule has 1 heterocycles. The summed E-state index contributed by atoms with van der Waals surface area (Å²) in [5, 5.41) is 14.1. The van der Waals surface area contributed by atoms with E-state index in [1.165, 1.54) is 0 Å². The number of hydrogen-bond donors (Lipinski definition) is 2. The van der Waals surface area contributed by atoms with Gasteiger partial charge in [-0.15, -0.1) is 0 Å². The maximum atomic E-state index is 9.84. The first-order valence-corrected chi connectivity index (χ1v) is 6.11. The number of nitrogens with zero attached hydrogens (tertiary/aromatic N) is 2. The van der Waals surface area contributed by atoms with Gasteiger partial charge in [0.25, 0.3) is 0 Å². The molecule has 96 valence electrons. The van der Waals surface area contributed by atoms with Crippen LogP contribution in [0.3, 0.4) is 0 Å². The van der Waals surface area contributed by atoms with Gasteiger partial charge in [-0.2, -0.15) is 5.10 Å². The molecule has 1 atom stereocenters. The molecule has 1 aromatic carbocycles. The summed E-state index contributed by atoms with van der Waals surface area (Å²) in [6.07, 6.45) is 4.42. The Morgan fingerprint density at radius 1 is 1.28 bits per heavy atom. The van der Waals surface area contributed by atoms with E-state index in [9.17, 15) is 5.11 Å². The molecule has 4 heteroatoms. The quantitative estimate of drug-likeness (QED) is 0.842. The third kappa shape index (κ3) is 3.18. The summed E-state index contributed by atoms with van der Waals surface area (Å²) in [6.45, 7) is 2.67. The molecule has 4 nitrogen and oxygen atoms in total. The normalized spacial score (nSPS) is 14.4. The van der Waals surface area contributed by atoms with Crippen LogP contribution in [0.5, 0.6) is 0 Å². The minimum Gasteiger partial charge on any atom is -0.389 e. The molecule has 0 amide bonds. The van der Waals surface area contributed by atoms with Crippen LogP contribution in [0, 0.1) is 0 Å². The van der Waals surface area contributed by atoms with Crippen LogP contribution < -0.4 is 5.73 Å². The monoisotopic (exact) mass is 245 g/mol. The van der Waals surface area contributed by atoms with E-state index < -0.39 is 5.60 Å². The van der Waals surface area contributed by atoms with Crippen molar-refractivity contribution in [2.45, 2.75) is 25.5 Å². The molecule has 2 rings (SSSR count). The van der Waals surface area contributed by atoms with E-state index in [1.807, 2.05) is 35.3 Å². The third-order valence-electron chi connectivity index (χ3n) is 3.06. The highest BCUT2D eigenvalue weighted by molar-refractivity contribution is 5.61. The van der Waals surface area contributed by atoms with Crippen molar-refractivity contribution < 1.29 is 5.11 Å². The Bertz CT molecular complexity index is 491. The van der Waals surface area contributed by atoms with Crippen molar-refractivity contribution in [3.8, 4) is 11.1 Å². The molecule has 0 radical (unpaired) electrons. The van der Waals surface area contributed by atoms with Gasteiger partial charge >= 0.3 is 0 Å². The average Bonchev–Trinajstić information content (AvgIpc) is 2.86. The van der Waals surface area contributed by atoms with Crippen molar-refractivity contribution in [2.24, 2.45) is 5.73 Å². The third-order valence-corrected chi connectivity index (χ3v) is 3.06. The zero-order chi connectivity index (χ0) is 13.0. The Morgan fingerprint density at radius 2 is 2.00 bits per heavy atom. The Balaban J connectivity index is 2.03. The summed E-state index contributed by atoms with van der Waals surface area (Å²) in [5.74, 6) is 0. The van der Waals surface area contributed by atoms with Crippen LogP contribution in [0.15, 0.2) is 42.7 Å². The fraction of sp³-hybridized carbons (Fsp3) is 0.357. The van der Waals surface area contributed by atoms with Gasteiger partial charge in [-0.1, -0.05) is 30.3 Å². The van der Waals surface area contributed by atoms with Crippen molar-refractivity contribution >= 4 is 0 Å². The second-order valence-corrected chi connectivity index (χ2v) is 4.81. The summed E-state index contributed by atoms with van der Waals surface area (Å²) in [7, 11) is 0. The first-order valence-electron chi connectivity index (χ1n) is 6.11. The molecule has 0 spiro atoms. The van der Waals surface area contributed by atoms with E-state index >= 15 is 0 Å². The first-order chi connectivity index (χ1) is 8.61. The Labute approximate surface area is 107 Å². The summed E-state index contributed by atoms with van der Waals surface area (Å²) < 4.78 is 1.84. The van der Waals surface area contributed by atoms with E-state index in [0.29, 0.717) is 13.0 Å². The first kappa shape index (κ1) is 12.8. The number of aliphatic hydroxyl groups is 1. The molecule has 0 aliphatic heterocycles. The van der Waals surface area contributed by atoms with Crippen molar-refractivity contribution in [1.29, 1.82) is 0 Å². The van der Waals surface area contributed by atoms with E-state index in [2.05, 4.69) is 17.2 Å². The molecule has 3 N–H and O–H groups in total. The van der Waals surface area contributed by atoms with Gasteiger partial charge in [0, 0.05) is 24.8 Å². The lowest BCUT2D eigenvalue weighted by atomic mass is 10.0. The number of benzene rings is 1. The fourth-order valence-corrected chi connectivity index (χ4v) is 1.72. The van der Waals surface area contributed by atoms with Gasteiger partial charge in [0.1, 0.15) is 0 Å². The lowest BCUT2D eigenvalue weighted by Gasteiger charge is -2.20. The van der Waals surface area contributed by atoms with Crippen LogP contribution >= 0.6 is 0 Å². The van der Waals surface area contributed by atoms with Gasteiger partial charge in [-0.05, 0) is 18.9 Å². The van der Waals surface area contributed by atoms with Gasteiger partial charge in [-0.25, -0.2) is 0 Å². The van der Waals surface area contributed by atoms with Crippen molar-refractivity contribution in [3.05, 3.63) is 42.7 Å². The zero-order valence-electron chi connectivity index (χ0n) is 10.6. The second kappa shape index (κ2) is 5.33. The Hall–Kier alpha value is -1.65. The van der Waals surface area contributed by atoms with Crippen LogP contribution in [0.2, 0.25) is 0 Å². The van der Waals surface area contributed by atoms with Gasteiger partial charge in [0.15, 0.2) is 0 Å². The number of rotatable bonds is 5. The SMILES string of the molecule is CC(O)(CN)CCn1cc(-c2ccccc2)cn1. The minimum absolute atomic E-state index is 0.264. The summed E-state index contributed by atoms with van der Waals surface area (Å²) >= 11 is 0. The molecule has 2 aromatic rings. The second-order valence-electron chi connectivity index (χ2n) is 4.81. The number of nitrogens with two attached hydrogens (primary N) is 1. The van der Waals surface area contributed by atoms with Gasteiger partial charge in [0.05, 0.1) is 11.8 Å². The topological polar surface area (TPSA) is 64.1 Å². The molecule has 0 fully saturated rings. The standard InChI is InChI=1S/C14H19N3O/c1-14(18,11-15)7-8-17-10-13(9-16-17)12-5-3-2-4-6-12/h2-6,9-10,18H,7-8,11,15H2,1H3. The molecule has 0 aliphatic rings. The molecule has 0 bridgehead atoms. The number of hydrogen-bond acceptors (Lipinski definition) is 3. The summed E-state index contributed by atoms with van der Waals surface area (Å²) in [4.78, 5) is 0. The molecule has 0 aliphatic carbocycles. The van der Waals surface area contributed by atoms with Gasteiger partial charge in [0.2, 0.25) is 0 Å². The maximum absolute atomic E-state index is 9.84. The number of aromatic nitrogens is 2. The van der Waals surface area contributed by atoms with Crippen LogP contribution in [0.1, 0.15) is 13.3 Å². The van der Waals surface area contributed by atoms with Crippen molar-refractivity contribution in [1.82, 2.24) is 9.78 Å². The van der Waals surface area contributed by atoms with E-state index in [0.717, 1.165) is 11.1 Å². The van der Waals surface area contributed by atoms with E-state index in [4.69, 9.17) is 5.73 Å². The average molecular weight is 245 g/mol. The smallest absolute Gasteiger partial charge is 0.0759 e. The summed E-state index contributed by atoms with van der Waals surface area (Å²) in [6, 6.07) is 10.1. The molecule has 0 saturated heterocycles. The molecular weight excluding hydrogens is 226 g/mol. The molecular formula is C14H19N3O. The molecule has 18 heavy (non-hydrogen) atoms. The molecule has 1 aromatic heterocycles. The van der Waals surface area contributed by atoms with Crippen LogP contribution in [-0.2, 0) is 6.54 Å². The van der Waals surface area contributed by atoms with Crippen LogP contribution in [0.4, 0.5) is 0 Å². The predicted molar refractivity (Wildman–Crippen MR) is 72.0 cm³/mol. The Morgan fingerprint density at radius 3 is 2.67 bits per heavy atom. The zero-order valence-corrected chi connectivity index (χ0v) is 10.6. The van der Waals surface area contributed by atoms with E-state index in [1.54, 1.807) is 6.92 Å². The highest BCUT2D eigenvalue weighted by atomic mass is 16.3. The van der Waals surface area contributed by atoms with Gasteiger partial charge in [-0.3, -0.25) is 4.68 Å². The summed E-state index contributed by atoms with van der Waals surface area (Å²) in [5.41, 5.74) is 6.90. The number of aryl methyl sites for hydroxylation is 1. The predicted octanol–water partition coefficient (Wildman–Crippen LogP) is 1.65. The maximum Gasteiger partial charge on any atom is 0.0759 e. The Kier molecular flexibility index (Phi) is 3.79. The molecule has 1 unspecified atom stereocenters. The van der Waals surface area contributed by atoms with Crippen molar-refractivity contribution in [3.63, 3.8) is 0 Å². The highest BCUT2D eigenvalue weighted by Crippen LogP contribution is 2.18. The fourth-order valence-electron chi connectivity index (χ4n) is 1.72. The van der Waals surface area contributed by atoms with Gasteiger partial charge < -0.3 is 10.8 Å². The minimum atomic E-state index is -0.821. The largest absolute Gasteiger partial charge is 0.389 e. The lowest BCUT2D eigenvalue weighted by molar-refractivity contribution is 0.0543.